The van der Waals surface area contributed by atoms with Gasteiger partial charge in [0.2, 0.25) is 11.8 Å². The van der Waals surface area contributed by atoms with E-state index in [0.717, 1.165) is 16.3 Å². The van der Waals surface area contributed by atoms with Gasteiger partial charge in [0.05, 0.1) is 20.6 Å². The lowest BCUT2D eigenvalue weighted by molar-refractivity contribution is -0.139. The van der Waals surface area contributed by atoms with Crippen molar-refractivity contribution in [1.82, 2.24) is 10.2 Å². The van der Waals surface area contributed by atoms with Crippen LogP contribution in [0.15, 0.2) is 77.7 Å². The fourth-order valence-electron chi connectivity index (χ4n) is 3.97. The Bertz CT molecular complexity index is 1400. The predicted octanol–water partition coefficient (Wildman–Crippen LogP) is 5.69. The highest BCUT2D eigenvalue weighted by Gasteiger charge is 2.32. The predicted molar refractivity (Wildman–Crippen MR) is 157 cm³/mol. The molecule has 0 aliphatic carbocycles. The number of halogens is 2. The molecule has 3 rings (SSSR count). The summed E-state index contributed by atoms with van der Waals surface area (Å²) in [5.41, 5.74) is 2.02. The molecule has 1 N–H and O–H groups in total. The van der Waals surface area contributed by atoms with E-state index in [1.165, 1.54) is 17.0 Å². The van der Waals surface area contributed by atoms with Gasteiger partial charge in [-0.3, -0.25) is 13.9 Å². The van der Waals surface area contributed by atoms with E-state index >= 15 is 0 Å². The molecule has 0 radical (unpaired) electrons. The second kappa shape index (κ2) is 13.3. The number of carbonyl (C=O) groups excluding carboxylic acids is 2. The summed E-state index contributed by atoms with van der Waals surface area (Å²) in [5, 5.41) is 3.50. The molecular weight excluding hydrogens is 557 g/mol. The van der Waals surface area contributed by atoms with Gasteiger partial charge < -0.3 is 10.2 Å². The maximum absolute atomic E-state index is 13.9. The lowest BCUT2D eigenvalue weighted by Gasteiger charge is -2.32. The van der Waals surface area contributed by atoms with Gasteiger partial charge in [0, 0.05) is 12.6 Å². The number of rotatable bonds is 11. The highest BCUT2D eigenvalue weighted by molar-refractivity contribution is 7.92. The van der Waals surface area contributed by atoms with Gasteiger partial charge in [-0.25, -0.2) is 8.42 Å². The molecule has 10 heteroatoms. The van der Waals surface area contributed by atoms with E-state index in [1.54, 1.807) is 55.5 Å². The molecule has 0 unspecified atom stereocenters. The van der Waals surface area contributed by atoms with Gasteiger partial charge in [0.1, 0.15) is 12.6 Å². The first-order valence-electron chi connectivity index (χ1n) is 12.6. The average molecular weight is 591 g/mol. The Morgan fingerprint density at radius 2 is 1.49 bits per heavy atom. The molecule has 0 aliphatic rings. The minimum absolute atomic E-state index is 0.0242. The summed E-state index contributed by atoms with van der Waals surface area (Å²) >= 11 is 12.3. The Balaban J connectivity index is 2.03. The maximum atomic E-state index is 13.9. The Morgan fingerprint density at radius 3 is 2.05 bits per heavy atom. The van der Waals surface area contributed by atoms with Crippen LogP contribution in [-0.4, -0.2) is 43.8 Å². The van der Waals surface area contributed by atoms with Gasteiger partial charge in [0.15, 0.2) is 0 Å². The van der Waals surface area contributed by atoms with Crippen LogP contribution in [0, 0.1) is 0 Å². The summed E-state index contributed by atoms with van der Waals surface area (Å²) < 4.78 is 28.6. The number of hydrogen-bond donors (Lipinski definition) is 1. The maximum Gasteiger partial charge on any atom is 0.264 e. The molecule has 1 atom stereocenters. The lowest BCUT2D eigenvalue weighted by atomic mass is 10.1. The quantitative estimate of drug-likeness (QED) is 0.311. The van der Waals surface area contributed by atoms with Gasteiger partial charge in [0.25, 0.3) is 10.0 Å². The molecule has 0 saturated carbocycles. The Labute approximate surface area is 240 Å². The van der Waals surface area contributed by atoms with E-state index in [0.29, 0.717) is 21.3 Å². The molecule has 3 aromatic carbocycles. The van der Waals surface area contributed by atoms with Crippen LogP contribution in [0.3, 0.4) is 0 Å². The highest BCUT2D eigenvalue weighted by atomic mass is 35.5. The zero-order valence-corrected chi connectivity index (χ0v) is 24.7. The minimum atomic E-state index is -4.11. The number of aryl methyl sites for hydroxylation is 1. The number of carbonyl (C=O) groups is 2. The number of hydrogen-bond acceptors (Lipinski definition) is 4. The van der Waals surface area contributed by atoms with E-state index in [4.69, 9.17) is 23.2 Å². The summed E-state index contributed by atoms with van der Waals surface area (Å²) in [6.07, 6.45) is 0.782. The second-order valence-electron chi connectivity index (χ2n) is 9.45. The van der Waals surface area contributed by atoms with Crippen molar-refractivity contribution in [3.8, 4) is 0 Å². The molecule has 0 aliphatic heterocycles. The van der Waals surface area contributed by atoms with Crippen LogP contribution >= 0.6 is 23.2 Å². The average Bonchev–Trinajstić information content (AvgIpc) is 2.92. The van der Waals surface area contributed by atoms with Crippen molar-refractivity contribution >= 4 is 50.7 Å². The fourth-order valence-corrected chi connectivity index (χ4v) is 5.72. The third-order valence-corrected chi connectivity index (χ3v) is 8.70. The van der Waals surface area contributed by atoms with E-state index in [-0.39, 0.29) is 23.4 Å². The molecule has 3 aromatic rings. The van der Waals surface area contributed by atoms with E-state index < -0.39 is 28.5 Å². The Kier molecular flexibility index (Phi) is 10.4. The van der Waals surface area contributed by atoms with Crippen LogP contribution in [-0.2, 0) is 32.6 Å². The molecule has 0 spiro atoms. The van der Waals surface area contributed by atoms with Crippen LogP contribution in [0.4, 0.5) is 5.69 Å². The van der Waals surface area contributed by atoms with E-state index in [2.05, 4.69) is 5.32 Å². The molecule has 208 valence electrons. The molecule has 0 saturated heterocycles. The summed E-state index contributed by atoms with van der Waals surface area (Å²) in [6.45, 7) is 6.77. The molecular formula is C29H33Cl2N3O4S. The van der Waals surface area contributed by atoms with Gasteiger partial charge in [-0.05, 0) is 74.7 Å². The summed E-state index contributed by atoms with van der Waals surface area (Å²) in [4.78, 5) is 28.3. The zero-order valence-electron chi connectivity index (χ0n) is 22.4. The first-order chi connectivity index (χ1) is 18.4. The van der Waals surface area contributed by atoms with Crippen molar-refractivity contribution in [2.75, 3.05) is 10.8 Å². The van der Waals surface area contributed by atoms with E-state index in [1.807, 2.05) is 32.9 Å². The van der Waals surface area contributed by atoms with Crippen molar-refractivity contribution < 1.29 is 18.0 Å². The van der Waals surface area contributed by atoms with Gasteiger partial charge >= 0.3 is 0 Å². The molecule has 0 fully saturated rings. The lowest BCUT2D eigenvalue weighted by Crippen LogP contribution is -2.52. The monoisotopic (exact) mass is 589 g/mol. The molecule has 0 aromatic heterocycles. The molecule has 7 nitrogen and oxygen atoms in total. The van der Waals surface area contributed by atoms with Crippen LogP contribution < -0.4 is 9.62 Å². The molecule has 39 heavy (non-hydrogen) atoms. The summed E-state index contributed by atoms with van der Waals surface area (Å²) in [5.74, 6) is -0.908. The van der Waals surface area contributed by atoms with Gasteiger partial charge in [-0.1, -0.05) is 66.5 Å². The number of anilines is 1. The second-order valence-corrected chi connectivity index (χ2v) is 12.1. The third-order valence-electron chi connectivity index (χ3n) is 6.18. The number of benzene rings is 3. The third kappa shape index (κ3) is 7.75. The van der Waals surface area contributed by atoms with Gasteiger partial charge in [-0.2, -0.15) is 0 Å². The minimum Gasteiger partial charge on any atom is -0.352 e. The SMILES string of the molecule is CCc1ccc(N(CC(=O)N(Cc2ccc(Cl)c(Cl)c2)[C@H](C)C(=O)NC(C)C)S(=O)(=O)c2ccccc2)cc1. The summed E-state index contributed by atoms with van der Waals surface area (Å²) in [7, 11) is -4.11. The van der Waals surface area contributed by atoms with Crippen LogP contribution in [0.2, 0.25) is 10.0 Å². The summed E-state index contributed by atoms with van der Waals surface area (Å²) in [6, 6.07) is 18.9. The largest absolute Gasteiger partial charge is 0.352 e. The van der Waals surface area contributed by atoms with Crippen LogP contribution in [0.1, 0.15) is 38.8 Å². The fraction of sp³-hybridized carbons (Fsp3) is 0.310. The van der Waals surface area contributed by atoms with Crippen molar-refractivity contribution in [1.29, 1.82) is 0 Å². The standard InChI is InChI=1S/C29H33Cl2N3O4S/c1-5-22-11-14-24(15-12-22)34(39(37,38)25-9-7-6-8-10-25)19-28(35)33(21(4)29(36)32-20(2)3)18-23-13-16-26(30)27(31)17-23/h6-17,20-21H,5,18-19H2,1-4H3,(H,32,36)/t21-/m1/s1. The van der Waals surface area contributed by atoms with Crippen LogP contribution in [0.25, 0.3) is 0 Å². The molecule has 2 amide bonds. The molecule has 0 heterocycles. The topological polar surface area (TPSA) is 86.8 Å². The first kappa shape index (κ1) is 30.5. The molecule has 0 bridgehead atoms. The number of sulfonamides is 1. The van der Waals surface area contributed by atoms with Crippen LogP contribution in [0.5, 0.6) is 0 Å². The normalized spacial score (nSPS) is 12.2. The smallest absolute Gasteiger partial charge is 0.264 e. The first-order valence-corrected chi connectivity index (χ1v) is 14.8. The Morgan fingerprint density at radius 1 is 0.872 bits per heavy atom. The van der Waals surface area contributed by atoms with Gasteiger partial charge in [-0.15, -0.1) is 0 Å². The number of amides is 2. The van der Waals surface area contributed by atoms with Crippen molar-refractivity contribution in [3.05, 3.63) is 94.0 Å². The van der Waals surface area contributed by atoms with E-state index in [9.17, 15) is 18.0 Å². The number of nitrogens with one attached hydrogen (secondary N) is 1. The van der Waals surface area contributed by atoms with Crippen molar-refractivity contribution in [3.63, 3.8) is 0 Å². The Hall–Kier alpha value is -3.07. The number of nitrogens with zero attached hydrogens (tertiary/aromatic N) is 2. The van der Waals surface area contributed by atoms with Crippen molar-refractivity contribution in [2.45, 2.75) is 57.6 Å². The van der Waals surface area contributed by atoms with Crippen molar-refractivity contribution in [2.24, 2.45) is 0 Å². The zero-order chi connectivity index (χ0) is 28.7. The highest BCUT2D eigenvalue weighted by Crippen LogP contribution is 2.26.